The van der Waals surface area contributed by atoms with Crippen molar-refractivity contribution >= 4 is 12.1 Å². The molecule has 0 aliphatic heterocycles. The van der Waals surface area contributed by atoms with E-state index in [1.165, 1.54) is 43.5 Å². The fourth-order valence-corrected chi connectivity index (χ4v) is 2.10. The number of benzene rings is 2. The van der Waals surface area contributed by atoms with E-state index in [2.05, 4.69) is 9.47 Å². The second kappa shape index (κ2) is 6.91. The summed E-state index contributed by atoms with van der Waals surface area (Å²) in [5.41, 5.74) is -2.25. The molecule has 2 aromatic rings. The first-order valence-electron chi connectivity index (χ1n) is 6.71. The first-order chi connectivity index (χ1) is 11.0. The quantitative estimate of drug-likeness (QED) is 0.640. The summed E-state index contributed by atoms with van der Waals surface area (Å²) in [6.07, 6.45) is -0.889. The highest BCUT2D eigenvalue weighted by Gasteiger charge is 2.43. The van der Waals surface area contributed by atoms with Crippen LogP contribution in [0.1, 0.15) is 11.1 Å². The average molecular weight is 318 g/mol. The summed E-state index contributed by atoms with van der Waals surface area (Å²) in [6.45, 7) is 0. The van der Waals surface area contributed by atoms with Gasteiger partial charge in [-0.1, -0.05) is 42.5 Å². The molecule has 6 heteroatoms. The van der Waals surface area contributed by atoms with Crippen LogP contribution in [-0.2, 0) is 19.9 Å². The summed E-state index contributed by atoms with van der Waals surface area (Å²) in [4.78, 5) is 23.1. The van der Waals surface area contributed by atoms with Gasteiger partial charge in [-0.05, 0) is 12.1 Å². The van der Waals surface area contributed by atoms with E-state index in [4.69, 9.17) is 4.74 Å². The average Bonchev–Trinajstić information content (AvgIpc) is 2.61. The second-order valence-corrected chi connectivity index (χ2v) is 4.60. The van der Waals surface area contributed by atoms with E-state index >= 15 is 4.39 Å². The molecule has 0 saturated heterocycles. The Hall–Kier alpha value is -2.89. The zero-order valence-electron chi connectivity index (χ0n) is 12.6. The van der Waals surface area contributed by atoms with Crippen molar-refractivity contribution in [1.29, 1.82) is 0 Å². The van der Waals surface area contributed by atoms with Gasteiger partial charge in [0.05, 0.1) is 14.2 Å². The minimum absolute atomic E-state index is 0.0627. The molecule has 0 aliphatic rings. The fourth-order valence-electron chi connectivity index (χ4n) is 2.10. The molecule has 120 valence electrons. The summed E-state index contributed by atoms with van der Waals surface area (Å²) >= 11 is 0. The Bertz CT molecular complexity index is 684. The van der Waals surface area contributed by atoms with Crippen molar-refractivity contribution in [1.82, 2.24) is 0 Å². The third kappa shape index (κ3) is 3.31. The van der Waals surface area contributed by atoms with Gasteiger partial charge in [-0.15, -0.1) is 0 Å². The molecule has 23 heavy (non-hydrogen) atoms. The minimum atomic E-state index is -2.46. The molecule has 1 atom stereocenters. The first-order valence-corrected chi connectivity index (χ1v) is 6.71. The van der Waals surface area contributed by atoms with Gasteiger partial charge in [0.15, 0.2) is 0 Å². The van der Waals surface area contributed by atoms with Gasteiger partial charge < -0.3 is 14.2 Å². The van der Waals surface area contributed by atoms with Crippen molar-refractivity contribution in [2.24, 2.45) is 0 Å². The monoisotopic (exact) mass is 318 g/mol. The van der Waals surface area contributed by atoms with Gasteiger partial charge in [-0.2, -0.15) is 0 Å². The van der Waals surface area contributed by atoms with E-state index in [0.717, 1.165) is 7.11 Å². The lowest BCUT2D eigenvalue weighted by Crippen LogP contribution is -2.33. The predicted molar refractivity (Wildman–Crippen MR) is 79.8 cm³/mol. The number of halogens is 1. The maximum Gasteiger partial charge on any atom is 0.513 e. The molecule has 1 unspecified atom stereocenters. The molecular weight excluding hydrogens is 303 g/mol. The van der Waals surface area contributed by atoms with Gasteiger partial charge in [-0.3, -0.25) is 0 Å². The molecule has 0 N–H and O–H groups in total. The van der Waals surface area contributed by atoms with E-state index in [9.17, 15) is 9.59 Å². The molecule has 0 radical (unpaired) electrons. The van der Waals surface area contributed by atoms with Crippen LogP contribution in [0.25, 0.3) is 0 Å². The summed E-state index contributed by atoms with van der Waals surface area (Å²) < 4.78 is 29.3. The van der Waals surface area contributed by atoms with Crippen LogP contribution in [0.2, 0.25) is 0 Å². The van der Waals surface area contributed by atoms with Crippen LogP contribution in [0.15, 0.2) is 54.6 Å². The van der Waals surface area contributed by atoms with Gasteiger partial charge in [0, 0.05) is 11.1 Å². The Morgan fingerprint density at radius 1 is 0.870 bits per heavy atom. The lowest BCUT2D eigenvalue weighted by molar-refractivity contribution is -0.152. The van der Waals surface area contributed by atoms with E-state index < -0.39 is 17.8 Å². The summed E-state index contributed by atoms with van der Waals surface area (Å²) in [7, 11) is 2.30. The fraction of sp³-hybridized carbons (Fsp3) is 0.176. The number of hydrogen-bond donors (Lipinski definition) is 0. The molecule has 5 nitrogen and oxygen atoms in total. The molecule has 0 spiro atoms. The van der Waals surface area contributed by atoms with Crippen molar-refractivity contribution in [3.05, 3.63) is 65.7 Å². The van der Waals surface area contributed by atoms with Crippen molar-refractivity contribution in [3.63, 3.8) is 0 Å². The number of esters is 1. The smallest absolute Gasteiger partial charge is 0.466 e. The van der Waals surface area contributed by atoms with Gasteiger partial charge in [-0.25, -0.2) is 14.0 Å². The minimum Gasteiger partial charge on any atom is -0.466 e. The number of carbonyl (C=O) groups excluding carboxylic acids is 2. The highest BCUT2D eigenvalue weighted by molar-refractivity contribution is 5.85. The zero-order chi connectivity index (χ0) is 16.9. The van der Waals surface area contributed by atoms with E-state index in [1.54, 1.807) is 18.2 Å². The highest BCUT2D eigenvalue weighted by atomic mass is 19.1. The number of ether oxygens (including phenoxy) is 3. The maximum atomic E-state index is 15.5. The topological polar surface area (TPSA) is 61.8 Å². The Balaban J connectivity index is 2.41. The van der Waals surface area contributed by atoms with Gasteiger partial charge in [0.1, 0.15) is 5.75 Å². The molecule has 0 amide bonds. The summed E-state index contributed by atoms with van der Waals surface area (Å²) in [5, 5.41) is 0. The molecule has 0 saturated carbocycles. The first kappa shape index (κ1) is 16.5. The number of methoxy groups -OCH3 is 2. The van der Waals surface area contributed by atoms with Gasteiger partial charge in [0.2, 0.25) is 0 Å². The molecule has 0 bridgehead atoms. The van der Waals surface area contributed by atoms with Crippen molar-refractivity contribution in [3.8, 4) is 5.75 Å². The molecule has 0 heterocycles. The molecule has 0 fully saturated rings. The van der Waals surface area contributed by atoms with Gasteiger partial charge in [0.25, 0.3) is 5.67 Å². The molecule has 2 aromatic carbocycles. The zero-order valence-corrected chi connectivity index (χ0v) is 12.6. The Morgan fingerprint density at radius 2 is 1.43 bits per heavy atom. The molecule has 0 aromatic heterocycles. The largest absolute Gasteiger partial charge is 0.513 e. The lowest BCUT2D eigenvalue weighted by Gasteiger charge is -2.23. The van der Waals surface area contributed by atoms with Crippen LogP contribution < -0.4 is 4.74 Å². The maximum absolute atomic E-state index is 15.5. The summed E-state index contributed by atoms with van der Waals surface area (Å²) in [6, 6.07) is 13.4. The van der Waals surface area contributed by atoms with Crippen molar-refractivity contribution in [2.75, 3.05) is 14.2 Å². The number of rotatable bonds is 4. The lowest BCUT2D eigenvalue weighted by atomic mass is 9.88. The van der Waals surface area contributed by atoms with Crippen molar-refractivity contribution in [2.45, 2.75) is 5.67 Å². The predicted octanol–water partition coefficient (Wildman–Crippen LogP) is 3.22. The third-order valence-corrected chi connectivity index (χ3v) is 3.26. The Morgan fingerprint density at radius 3 is 1.96 bits per heavy atom. The van der Waals surface area contributed by atoms with E-state index in [0.29, 0.717) is 0 Å². The number of hydrogen-bond acceptors (Lipinski definition) is 5. The van der Waals surface area contributed by atoms with E-state index in [1.807, 2.05) is 0 Å². The Labute approximate surface area is 132 Å². The molecular formula is C17H15FO5. The second-order valence-electron chi connectivity index (χ2n) is 4.60. The van der Waals surface area contributed by atoms with Crippen LogP contribution in [0.4, 0.5) is 9.18 Å². The highest BCUT2D eigenvalue weighted by Crippen LogP contribution is 2.36. The van der Waals surface area contributed by atoms with Gasteiger partial charge >= 0.3 is 12.1 Å². The van der Waals surface area contributed by atoms with Crippen LogP contribution in [-0.4, -0.2) is 26.3 Å². The molecule has 0 aliphatic carbocycles. The number of alkyl halides is 1. The third-order valence-electron chi connectivity index (χ3n) is 3.26. The van der Waals surface area contributed by atoms with Crippen molar-refractivity contribution < 1.29 is 28.2 Å². The SMILES string of the molecule is COC(=O)Oc1ccc(C(F)(C(=O)OC)c2ccccc2)cc1. The van der Waals surface area contributed by atoms with Crippen LogP contribution in [0.3, 0.4) is 0 Å². The standard InChI is InChI=1S/C17H15FO5/c1-21-15(19)17(18,12-6-4-3-5-7-12)13-8-10-14(11-9-13)23-16(20)22-2/h3-11H,1-2H3. The van der Waals surface area contributed by atoms with Crippen LogP contribution >= 0.6 is 0 Å². The summed E-state index contributed by atoms with van der Waals surface area (Å²) in [5.74, 6) is -0.869. The Kier molecular flexibility index (Phi) is 4.95. The number of carbonyl (C=O) groups is 2. The van der Waals surface area contributed by atoms with Crippen LogP contribution in [0, 0.1) is 0 Å². The normalized spacial score (nSPS) is 12.8. The van der Waals surface area contributed by atoms with E-state index in [-0.39, 0.29) is 16.9 Å². The van der Waals surface area contributed by atoms with Crippen LogP contribution in [0.5, 0.6) is 5.75 Å². The molecule has 2 rings (SSSR count).